The number of nitrogens with zero attached hydrogens (tertiary/aromatic N) is 2. The van der Waals surface area contributed by atoms with Crippen LogP contribution in [0.25, 0.3) is 0 Å². The molecule has 11 heteroatoms. The van der Waals surface area contributed by atoms with E-state index in [1.54, 1.807) is 0 Å². The van der Waals surface area contributed by atoms with Crippen molar-refractivity contribution in [3.8, 4) is 5.75 Å². The molecule has 2 aromatic carbocycles. The van der Waals surface area contributed by atoms with Gasteiger partial charge in [0.15, 0.2) is 0 Å². The SMILES string of the molecule is O=S(=O)(O)c1ccc([O-])c(N=Nc2ccccc2C(F)(F)F)c1.[Na+]. The van der Waals surface area contributed by atoms with Crippen LogP contribution in [0.4, 0.5) is 24.5 Å². The molecule has 122 valence electrons. The number of hydrogen-bond acceptors (Lipinski definition) is 5. The summed E-state index contributed by atoms with van der Waals surface area (Å²) >= 11 is 0. The van der Waals surface area contributed by atoms with Gasteiger partial charge in [0.2, 0.25) is 0 Å². The van der Waals surface area contributed by atoms with E-state index in [0.717, 1.165) is 30.3 Å². The zero-order chi connectivity index (χ0) is 17.3. The summed E-state index contributed by atoms with van der Waals surface area (Å²) in [6, 6.07) is 6.69. The number of alkyl halides is 3. The quantitative estimate of drug-likeness (QED) is 0.483. The molecule has 2 aromatic rings. The van der Waals surface area contributed by atoms with Crippen LogP contribution in [0.1, 0.15) is 5.56 Å². The molecular weight excluding hydrogens is 360 g/mol. The molecule has 0 saturated carbocycles. The molecule has 0 radical (unpaired) electrons. The molecule has 0 aromatic heterocycles. The van der Waals surface area contributed by atoms with Crippen molar-refractivity contribution in [3.63, 3.8) is 0 Å². The molecule has 0 saturated heterocycles. The van der Waals surface area contributed by atoms with Gasteiger partial charge in [0.25, 0.3) is 10.1 Å². The van der Waals surface area contributed by atoms with Crippen LogP contribution in [-0.4, -0.2) is 13.0 Å². The van der Waals surface area contributed by atoms with E-state index in [1.807, 2.05) is 0 Å². The van der Waals surface area contributed by atoms with Crippen LogP contribution in [0.3, 0.4) is 0 Å². The average molecular weight is 368 g/mol. The van der Waals surface area contributed by atoms with Gasteiger partial charge in [0, 0.05) is 0 Å². The third-order valence-corrected chi connectivity index (χ3v) is 3.55. The van der Waals surface area contributed by atoms with E-state index in [9.17, 15) is 26.7 Å². The molecule has 1 N–H and O–H groups in total. The Hall–Kier alpha value is -1.46. The minimum Gasteiger partial charge on any atom is -0.871 e. The van der Waals surface area contributed by atoms with E-state index in [2.05, 4.69) is 10.2 Å². The van der Waals surface area contributed by atoms with Gasteiger partial charge in [-0.2, -0.15) is 26.7 Å². The standard InChI is InChI=1S/C13H9F3N2O4S.Na/c14-13(15,16)9-3-1-2-4-10(9)17-18-11-7-8(23(20,21)22)5-6-12(11)19;/h1-7,19H,(H,20,21,22);/q;+1/p-1. The fourth-order valence-corrected chi connectivity index (χ4v) is 2.14. The summed E-state index contributed by atoms with van der Waals surface area (Å²) < 4.78 is 69.3. The topological polar surface area (TPSA) is 102 Å². The van der Waals surface area contributed by atoms with Crippen LogP contribution in [0.15, 0.2) is 57.6 Å². The maximum Gasteiger partial charge on any atom is 1.00 e. The maximum absolute atomic E-state index is 12.8. The predicted molar refractivity (Wildman–Crippen MR) is 71.3 cm³/mol. The van der Waals surface area contributed by atoms with E-state index in [1.165, 1.54) is 12.1 Å². The van der Waals surface area contributed by atoms with Gasteiger partial charge in [0.1, 0.15) is 0 Å². The summed E-state index contributed by atoms with van der Waals surface area (Å²) in [5.74, 6) is -0.759. The Balaban J connectivity index is 0.00000288. The molecule has 0 aliphatic heterocycles. The van der Waals surface area contributed by atoms with Crippen molar-refractivity contribution in [1.29, 1.82) is 0 Å². The molecule has 2 rings (SSSR count). The van der Waals surface area contributed by atoms with Crippen molar-refractivity contribution in [2.75, 3.05) is 0 Å². The molecule has 0 bridgehead atoms. The first kappa shape index (κ1) is 20.6. The summed E-state index contributed by atoms with van der Waals surface area (Å²) in [6.07, 6.45) is -4.66. The fraction of sp³-hybridized carbons (Fsp3) is 0.0769. The van der Waals surface area contributed by atoms with Gasteiger partial charge < -0.3 is 5.11 Å². The number of azo groups is 1. The number of hydrogen-bond donors (Lipinski definition) is 1. The Morgan fingerprint density at radius 3 is 2.17 bits per heavy atom. The fourth-order valence-electron chi connectivity index (χ4n) is 1.64. The monoisotopic (exact) mass is 368 g/mol. The first-order chi connectivity index (χ1) is 10.6. The average Bonchev–Trinajstić information content (AvgIpc) is 2.44. The van der Waals surface area contributed by atoms with Crippen LogP contribution in [0.2, 0.25) is 0 Å². The van der Waals surface area contributed by atoms with Gasteiger partial charge in [-0.1, -0.05) is 23.9 Å². The number of rotatable bonds is 3. The maximum atomic E-state index is 12.8. The Labute approximate surface area is 157 Å². The van der Waals surface area contributed by atoms with Crippen molar-refractivity contribution in [2.24, 2.45) is 10.2 Å². The largest absolute Gasteiger partial charge is 1.00 e. The summed E-state index contributed by atoms with van der Waals surface area (Å²) in [4.78, 5) is -0.616. The third-order valence-electron chi connectivity index (χ3n) is 2.70. The van der Waals surface area contributed by atoms with Gasteiger partial charge in [-0.05, 0) is 24.3 Å². The Morgan fingerprint density at radius 1 is 1.00 bits per heavy atom. The first-order valence-electron chi connectivity index (χ1n) is 5.95. The molecular formula is C13H8F3N2NaO4S. The zero-order valence-corrected chi connectivity index (χ0v) is 15.0. The summed E-state index contributed by atoms with van der Waals surface area (Å²) in [5.41, 5.74) is -2.10. The van der Waals surface area contributed by atoms with Gasteiger partial charge in [0.05, 0.1) is 21.8 Å². The second-order valence-electron chi connectivity index (χ2n) is 4.32. The normalized spacial score (nSPS) is 12.2. The van der Waals surface area contributed by atoms with Gasteiger partial charge >= 0.3 is 35.7 Å². The first-order valence-corrected chi connectivity index (χ1v) is 7.39. The molecule has 0 aliphatic carbocycles. The van der Waals surface area contributed by atoms with Crippen molar-refractivity contribution in [2.45, 2.75) is 11.1 Å². The third kappa shape index (κ3) is 5.02. The van der Waals surface area contributed by atoms with Gasteiger partial charge in [-0.25, -0.2) is 0 Å². The molecule has 0 atom stereocenters. The molecule has 0 amide bonds. The van der Waals surface area contributed by atoms with Crippen molar-refractivity contribution in [3.05, 3.63) is 48.0 Å². The van der Waals surface area contributed by atoms with Crippen molar-refractivity contribution in [1.82, 2.24) is 0 Å². The molecule has 0 unspecified atom stereocenters. The summed E-state index contributed by atoms with van der Waals surface area (Å²) in [7, 11) is -4.58. The Bertz CT molecular complexity index is 870. The molecule has 0 aliphatic rings. The van der Waals surface area contributed by atoms with Crippen molar-refractivity contribution < 1.29 is 60.8 Å². The van der Waals surface area contributed by atoms with Crippen molar-refractivity contribution >= 4 is 21.5 Å². The predicted octanol–water partition coefficient (Wildman–Crippen LogP) is 0.445. The van der Waals surface area contributed by atoms with Crippen LogP contribution >= 0.6 is 0 Å². The zero-order valence-electron chi connectivity index (χ0n) is 12.1. The van der Waals surface area contributed by atoms with E-state index in [-0.39, 0.29) is 29.6 Å². The second kappa shape index (κ2) is 7.62. The van der Waals surface area contributed by atoms with E-state index >= 15 is 0 Å². The molecule has 24 heavy (non-hydrogen) atoms. The van der Waals surface area contributed by atoms with E-state index in [4.69, 9.17) is 4.55 Å². The van der Waals surface area contributed by atoms with Gasteiger partial charge in [-0.15, -0.1) is 5.11 Å². The minimum atomic E-state index is -4.66. The van der Waals surface area contributed by atoms with E-state index < -0.39 is 43.9 Å². The van der Waals surface area contributed by atoms with Crippen LogP contribution in [0, 0.1) is 0 Å². The van der Waals surface area contributed by atoms with E-state index in [0.29, 0.717) is 0 Å². The van der Waals surface area contributed by atoms with Gasteiger partial charge in [-0.3, -0.25) is 4.55 Å². The Kier molecular flexibility index (Phi) is 6.53. The number of halogens is 3. The minimum absolute atomic E-state index is 0. The molecule has 6 nitrogen and oxygen atoms in total. The Morgan fingerprint density at radius 2 is 1.58 bits per heavy atom. The molecule has 0 spiro atoms. The van der Waals surface area contributed by atoms with Crippen LogP contribution < -0.4 is 34.7 Å². The molecule has 0 fully saturated rings. The smallest absolute Gasteiger partial charge is 0.871 e. The summed E-state index contributed by atoms with van der Waals surface area (Å²) in [6.45, 7) is 0. The molecule has 0 heterocycles. The number of benzene rings is 2. The summed E-state index contributed by atoms with van der Waals surface area (Å²) in [5, 5.41) is 18.3. The van der Waals surface area contributed by atoms with Crippen LogP contribution in [0.5, 0.6) is 5.75 Å². The van der Waals surface area contributed by atoms with Crippen LogP contribution in [-0.2, 0) is 16.3 Å². The second-order valence-corrected chi connectivity index (χ2v) is 5.74.